The molecule has 1 aromatic rings. The van der Waals surface area contributed by atoms with E-state index < -0.39 is 0 Å². The van der Waals surface area contributed by atoms with E-state index in [1.54, 1.807) is 6.08 Å². The number of fused-ring (bicyclic) bond motifs is 1. The number of rotatable bonds is 4. The fourth-order valence-corrected chi connectivity index (χ4v) is 2.86. The molecule has 2 nitrogen and oxygen atoms in total. The number of nitrogens with zero attached hydrogens (tertiary/aromatic N) is 1. The fraction of sp³-hybridized carbons (Fsp3) is 0.438. The number of hydrogen-bond donors (Lipinski definition) is 0. The van der Waals surface area contributed by atoms with Crippen LogP contribution in [0.1, 0.15) is 32.3 Å². The molecule has 0 fully saturated rings. The molecule has 1 aliphatic heterocycles. The number of carbonyl (C=O) groups excluding carboxylic acids is 1. The van der Waals surface area contributed by atoms with Crippen LogP contribution in [0.5, 0.6) is 0 Å². The highest BCUT2D eigenvalue weighted by atomic mass is 35.5. The predicted molar refractivity (Wildman–Crippen MR) is 80.9 cm³/mol. The lowest BCUT2D eigenvalue weighted by Gasteiger charge is -2.23. The number of halogens is 1. The van der Waals surface area contributed by atoms with E-state index in [-0.39, 0.29) is 11.2 Å². The molecule has 0 amide bonds. The Hall–Kier alpha value is -1.28. The molecule has 19 heavy (non-hydrogen) atoms. The molecule has 3 heteroatoms. The molecule has 0 radical (unpaired) electrons. The van der Waals surface area contributed by atoms with E-state index in [0.29, 0.717) is 12.3 Å². The molecule has 2 rings (SSSR count). The molecule has 0 aliphatic carbocycles. The summed E-state index contributed by atoms with van der Waals surface area (Å²) in [5.74, 6) is 0.692. The lowest BCUT2D eigenvalue weighted by Crippen LogP contribution is -2.24. The topological polar surface area (TPSA) is 20.3 Å². The van der Waals surface area contributed by atoms with E-state index >= 15 is 0 Å². The largest absolute Gasteiger partial charge is 0.347 e. The van der Waals surface area contributed by atoms with Gasteiger partial charge in [0.1, 0.15) is 0 Å². The Labute approximate surface area is 120 Å². The van der Waals surface area contributed by atoms with Crippen molar-refractivity contribution in [1.29, 1.82) is 0 Å². The van der Waals surface area contributed by atoms with Gasteiger partial charge < -0.3 is 4.90 Å². The van der Waals surface area contributed by atoms with Crippen molar-refractivity contribution in [2.24, 2.45) is 0 Å². The summed E-state index contributed by atoms with van der Waals surface area (Å²) in [6.45, 7) is 4.33. The van der Waals surface area contributed by atoms with Crippen LogP contribution < -0.4 is 4.90 Å². The van der Waals surface area contributed by atoms with Crippen LogP contribution in [-0.4, -0.2) is 18.7 Å². The summed E-state index contributed by atoms with van der Waals surface area (Å²) in [4.78, 5) is 14.1. The number of hydrogen-bond acceptors (Lipinski definition) is 2. The van der Waals surface area contributed by atoms with Gasteiger partial charge in [-0.25, -0.2) is 0 Å². The zero-order chi connectivity index (χ0) is 14.0. The summed E-state index contributed by atoms with van der Waals surface area (Å²) in [6, 6.07) is 8.31. The third-order valence-corrected chi connectivity index (χ3v) is 4.06. The van der Waals surface area contributed by atoms with Gasteiger partial charge in [-0.1, -0.05) is 32.0 Å². The number of carbonyl (C=O) groups is 1. The van der Waals surface area contributed by atoms with E-state index in [4.69, 9.17) is 11.6 Å². The molecule has 0 aromatic heterocycles. The Kier molecular flexibility index (Phi) is 4.00. The summed E-state index contributed by atoms with van der Waals surface area (Å²) in [5.41, 5.74) is 3.40. The molecule has 1 aromatic carbocycles. The monoisotopic (exact) mass is 277 g/mol. The van der Waals surface area contributed by atoms with Gasteiger partial charge in [0.2, 0.25) is 0 Å². The van der Waals surface area contributed by atoms with Crippen LogP contribution in [0.15, 0.2) is 36.0 Å². The van der Waals surface area contributed by atoms with Crippen molar-refractivity contribution in [2.45, 2.75) is 32.1 Å². The summed E-state index contributed by atoms with van der Waals surface area (Å²) < 4.78 is 0. The number of ketones is 1. The molecule has 0 spiro atoms. The van der Waals surface area contributed by atoms with Crippen molar-refractivity contribution in [3.8, 4) is 0 Å². The van der Waals surface area contributed by atoms with Crippen molar-refractivity contribution in [3.63, 3.8) is 0 Å². The van der Waals surface area contributed by atoms with Crippen LogP contribution in [-0.2, 0) is 10.2 Å². The standard InChI is InChI=1S/C16H20ClNO/c1-16(2)13-8-4-5-9-14(13)18(3)15(16)11-12(19)7-6-10-17/h4-5,8-9,11H,6-7,10H2,1-3H3/b15-11+. The van der Waals surface area contributed by atoms with E-state index in [0.717, 1.165) is 12.1 Å². The highest BCUT2D eigenvalue weighted by Crippen LogP contribution is 2.46. The van der Waals surface area contributed by atoms with Gasteiger partial charge in [-0.3, -0.25) is 4.79 Å². The minimum absolute atomic E-state index is 0.123. The number of allylic oxidation sites excluding steroid dienone is 2. The van der Waals surface area contributed by atoms with E-state index in [9.17, 15) is 4.79 Å². The number of benzene rings is 1. The van der Waals surface area contributed by atoms with Crippen LogP contribution in [0, 0.1) is 0 Å². The number of alkyl halides is 1. The molecule has 0 atom stereocenters. The second kappa shape index (κ2) is 5.38. The molecule has 0 bridgehead atoms. The average Bonchev–Trinajstić information content (AvgIpc) is 2.58. The molecule has 0 saturated heterocycles. The minimum atomic E-state index is -0.123. The molecule has 102 valence electrons. The van der Waals surface area contributed by atoms with Crippen molar-refractivity contribution >= 4 is 23.1 Å². The molecule has 1 heterocycles. The molecule has 1 aliphatic rings. The lowest BCUT2D eigenvalue weighted by atomic mass is 9.83. The zero-order valence-corrected chi connectivity index (χ0v) is 12.5. The highest BCUT2D eigenvalue weighted by molar-refractivity contribution is 6.18. The normalized spacial score (nSPS) is 18.7. The predicted octanol–water partition coefficient (Wildman–Crippen LogP) is 3.89. The quantitative estimate of drug-likeness (QED) is 0.615. The Morgan fingerprint density at radius 1 is 1.37 bits per heavy atom. The lowest BCUT2D eigenvalue weighted by molar-refractivity contribution is -0.114. The van der Waals surface area contributed by atoms with Gasteiger partial charge >= 0.3 is 0 Å². The van der Waals surface area contributed by atoms with Crippen molar-refractivity contribution in [2.75, 3.05) is 17.8 Å². The maximum atomic E-state index is 12.0. The third-order valence-electron chi connectivity index (χ3n) is 3.79. The Bertz CT molecular complexity index is 519. The van der Waals surface area contributed by atoms with Crippen LogP contribution in [0.25, 0.3) is 0 Å². The maximum absolute atomic E-state index is 12.0. The van der Waals surface area contributed by atoms with Gasteiger partial charge in [-0.05, 0) is 18.1 Å². The number of para-hydroxylation sites is 1. The summed E-state index contributed by atoms with van der Waals surface area (Å²) in [5, 5.41) is 0. The minimum Gasteiger partial charge on any atom is -0.347 e. The summed E-state index contributed by atoms with van der Waals surface area (Å²) >= 11 is 5.64. The first kappa shape index (κ1) is 14.1. The van der Waals surface area contributed by atoms with Gasteiger partial charge in [0.25, 0.3) is 0 Å². The van der Waals surface area contributed by atoms with Crippen LogP contribution in [0.4, 0.5) is 5.69 Å². The van der Waals surface area contributed by atoms with E-state index in [2.05, 4.69) is 30.9 Å². The summed E-state index contributed by atoms with van der Waals surface area (Å²) in [7, 11) is 2.02. The molecule has 0 saturated carbocycles. The highest BCUT2D eigenvalue weighted by Gasteiger charge is 2.38. The van der Waals surface area contributed by atoms with Crippen LogP contribution >= 0.6 is 11.6 Å². The first-order valence-corrected chi connectivity index (χ1v) is 7.16. The van der Waals surface area contributed by atoms with Gasteiger partial charge in [0.05, 0.1) is 0 Å². The SMILES string of the molecule is CN1/C(=C/C(=O)CCCCl)C(C)(C)c2ccccc21. The van der Waals surface area contributed by atoms with Crippen molar-refractivity contribution < 1.29 is 4.79 Å². The Morgan fingerprint density at radius 3 is 2.68 bits per heavy atom. The first-order chi connectivity index (χ1) is 8.98. The molecule has 0 N–H and O–H groups in total. The second-order valence-electron chi connectivity index (χ2n) is 5.49. The number of likely N-dealkylation sites (N-methyl/N-ethyl adjacent to an activating group) is 1. The number of anilines is 1. The van der Waals surface area contributed by atoms with Crippen molar-refractivity contribution in [3.05, 3.63) is 41.6 Å². The first-order valence-electron chi connectivity index (χ1n) is 6.62. The Morgan fingerprint density at radius 2 is 2.05 bits per heavy atom. The van der Waals surface area contributed by atoms with Gasteiger partial charge in [0.15, 0.2) is 5.78 Å². The van der Waals surface area contributed by atoms with Crippen molar-refractivity contribution in [1.82, 2.24) is 0 Å². The van der Waals surface area contributed by atoms with Gasteiger partial charge in [0, 0.05) is 42.2 Å². The second-order valence-corrected chi connectivity index (χ2v) is 5.87. The third kappa shape index (κ3) is 2.55. The van der Waals surface area contributed by atoms with Gasteiger partial charge in [-0.15, -0.1) is 11.6 Å². The molecule has 0 unspecified atom stereocenters. The Balaban J connectivity index is 2.34. The maximum Gasteiger partial charge on any atom is 0.157 e. The average molecular weight is 278 g/mol. The van der Waals surface area contributed by atoms with Gasteiger partial charge in [-0.2, -0.15) is 0 Å². The summed E-state index contributed by atoms with van der Waals surface area (Å²) in [6.07, 6.45) is 3.04. The van der Waals surface area contributed by atoms with E-state index in [1.807, 2.05) is 19.2 Å². The fourth-order valence-electron chi connectivity index (χ4n) is 2.72. The zero-order valence-electron chi connectivity index (χ0n) is 11.7. The molecular formula is C16H20ClNO. The van der Waals surface area contributed by atoms with Crippen LogP contribution in [0.3, 0.4) is 0 Å². The van der Waals surface area contributed by atoms with Crippen LogP contribution in [0.2, 0.25) is 0 Å². The van der Waals surface area contributed by atoms with E-state index in [1.165, 1.54) is 11.3 Å². The smallest absolute Gasteiger partial charge is 0.157 e. The molecular weight excluding hydrogens is 258 g/mol.